The third-order valence-electron chi connectivity index (χ3n) is 3.80. The van der Waals surface area contributed by atoms with E-state index < -0.39 is 0 Å². The van der Waals surface area contributed by atoms with Crippen molar-refractivity contribution in [3.8, 4) is 0 Å². The van der Waals surface area contributed by atoms with Crippen LogP contribution in [0.4, 0.5) is 0 Å². The van der Waals surface area contributed by atoms with Crippen LogP contribution in [0.1, 0.15) is 5.56 Å². The molecule has 0 bridgehead atoms. The Balaban J connectivity index is 1.69. The molecule has 0 amide bonds. The van der Waals surface area contributed by atoms with Gasteiger partial charge in [-0.3, -0.25) is 0 Å². The predicted molar refractivity (Wildman–Crippen MR) is 78.6 cm³/mol. The van der Waals surface area contributed by atoms with E-state index in [1.54, 1.807) is 4.90 Å². The van der Waals surface area contributed by atoms with Crippen LogP contribution in [0.5, 0.6) is 0 Å². The molecule has 0 aliphatic carbocycles. The summed E-state index contributed by atoms with van der Waals surface area (Å²) in [5, 5.41) is 0. The average Bonchev–Trinajstić information content (AvgIpc) is 2.50. The first kappa shape index (κ1) is 14.8. The number of esters is 1. The van der Waals surface area contributed by atoms with Crippen LogP contribution in [-0.2, 0) is 9.53 Å². The molecule has 2 rings (SSSR count). The van der Waals surface area contributed by atoms with Gasteiger partial charge in [-0.1, -0.05) is 36.4 Å². The maximum Gasteiger partial charge on any atom is 0.361 e. The van der Waals surface area contributed by atoms with Gasteiger partial charge in [0.15, 0.2) is 6.54 Å². The van der Waals surface area contributed by atoms with Crippen LogP contribution in [0, 0.1) is 0 Å². The van der Waals surface area contributed by atoms with Crippen molar-refractivity contribution in [2.45, 2.75) is 0 Å². The zero-order valence-electron chi connectivity index (χ0n) is 12.1. The topological polar surface area (TPSA) is 35.2 Å². The number of methoxy groups -OCH3 is 1. The maximum atomic E-state index is 11.2. The van der Waals surface area contributed by atoms with Crippen molar-refractivity contribution >= 4 is 12.0 Å². The molecule has 2 N–H and O–H groups in total. The molecule has 0 saturated carbocycles. The molecule has 0 radical (unpaired) electrons. The van der Waals surface area contributed by atoms with Crippen LogP contribution in [0.15, 0.2) is 36.4 Å². The summed E-state index contributed by atoms with van der Waals surface area (Å²) in [6, 6.07) is 10.4. The van der Waals surface area contributed by atoms with Gasteiger partial charge in [0.05, 0.1) is 13.7 Å². The van der Waals surface area contributed by atoms with E-state index in [0.717, 1.165) is 32.7 Å². The molecular weight excluding hydrogens is 252 g/mol. The smallest absolute Gasteiger partial charge is 0.361 e. The van der Waals surface area contributed by atoms with Crippen LogP contribution >= 0.6 is 0 Å². The van der Waals surface area contributed by atoms with Gasteiger partial charge in [0.25, 0.3) is 0 Å². The van der Waals surface area contributed by atoms with E-state index in [1.807, 2.05) is 6.07 Å². The number of piperazine rings is 1. The van der Waals surface area contributed by atoms with Crippen LogP contribution in [-0.4, -0.2) is 52.3 Å². The molecule has 1 aromatic rings. The number of rotatable bonds is 5. The minimum Gasteiger partial charge on any atom is -0.465 e. The van der Waals surface area contributed by atoms with Crippen LogP contribution in [0.25, 0.3) is 6.08 Å². The average molecular weight is 276 g/mol. The van der Waals surface area contributed by atoms with E-state index in [-0.39, 0.29) is 5.97 Å². The summed E-state index contributed by atoms with van der Waals surface area (Å²) in [7, 11) is 1.46. The minimum absolute atomic E-state index is 0.104. The number of carbonyl (C=O) groups is 1. The Labute approximate surface area is 120 Å². The fourth-order valence-electron chi connectivity index (χ4n) is 2.54. The lowest BCUT2D eigenvalue weighted by Gasteiger charge is -2.28. The molecule has 0 spiro atoms. The zero-order chi connectivity index (χ0) is 14.2. The lowest BCUT2D eigenvalue weighted by molar-refractivity contribution is -1.01. The second kappa shape index (κ2) is 7.82. The number of ether oxygens (including phenoxy) is 1. The van der Waals surface area contributed by atoms with E-state index in [1.165, 1.54) is 17.6 Å². The summed E-state index contributed by atoms with van der Waals surface area (Å²) >= 11 is 0. The predicted octanol–water partition coefficient (Wildman–Crippen LogP) is -1.34. The monoisotopic (exact) mass is 276 g/mol. The van der Waals surface area contributed by atoms with Crippen LogP contribution in [0.2, 0.25) is 0 Å². The highest BCUT2D eigenvalue weighted by Gasteiger charge is 2.23. The van der Waals surface area contributed by atoms with Crippen molar-refractivity contribution in [2.75, 3.05) is 46.4 Å². The van der Waals surface area contributed by atoms with Crippen molar-refractivity contribution < 1.29 is 19.3 Å². The molecule has 4 heteroatoms. The normalized spacial score (nSPS) is 22.9. The molecule has 1 heterocycles. The van der Waals surface area contributed by atoms with Crippen LogP contribution < -0.4 is 9.80 Å². The van der Waals surface area contributed by atoms with E-state index in [4.69, 9.17) is 4.74 Å². The summed E-state index contributed by atoms with van der Waals surface area (Å²) in [5.41, 5.74) is 1.25. The van der Waals surface area contributed by atoms with Gasteiger partial charge in [-0.05, 0) is 11.6 Å². The molecule has 0 unspecified atom stereocenters. The van der Waals surface area contributed by atoms with Gasteiger partial charge in [0.1, 0.15) is 26.2 Å². The second-order valence-electron chi connectivity index (χ2n) is 5.27. The highest BCUT2D eigenvalue weighted by molar-refractivity contribution is 5.70. The van der Waals surface area contributed by atoms with Gasteiger partial charge in [-0.25, -0.2) is 4.79 Å². The first-order chi connectivity index (χ1) is 9.78. The van der Waals surface area contributed by atoms with Crippen LogP contribution in [0.3, 0.4) is 0 Å². The molecule has 108 valence electrons. The van der Waals surface area contributed by atoms with E-state index in [2.05, 4.69) is 36.4 Å². The van der Waals surface area contributed by atoms with Crippen molar-refractivity contribution in [2.24, 2.45) is 0 Å². The summed E-state index contributed by atoms with van der Waals surface area (Å²) < 4.78 is 4.72. The van der Waals surface area contributed by atoms with Gasteiger partial charge in [0, 0.05) is 0 Å². The summed E-state index contributed by atoms with van der Waals surface area (Å²) in [6.45, 7) is 5.88. The zero-order valence-corrected chi connectivity index (χ0v) is 12.1. The molecule has 4 nitrogen and oxygen atoms in total. The van der Waals surface area contributed by atoms with Gasteiger partial charge < -0.3 is 14.5 Å². The van der Waals surface area contributed by atoms with Crippen molar-refractivity contribution in [1.82, 2.24) is 0 Å². The number of quaternary nitrogens is 2. The third-order valence-corrected chi connectivity index (χ3v) is 3.80. The molecule has 1 aliphatic rings. The Kier molecular flexibility index (Phi) is 5.77. The van der Waals surface area contributed by atoms with E-state index >= 15 is 0 Å². The molecular formula is C16H24N2O2+2. The van der Waals surface area contributed by atoms with Crippen molar-refractivity contribution in [3.63, 3.8) is 0 Å². The number of benzene rings is 1. The first-order valence-electron chi connectivity index (χ1n) is 7.23. The lowest BCUT2D eigenvalue weighted by Crippen LogP contribution is -3.28. The Hall–Kier alpha value is -1.65. The van der Waals surface area contributed by atoms with Crippen molar-refractivity contribution in [1.29, 1.82) is 0 Å². The SMILES string of the molecule is COC(=O)C[NH+]1CC[NH+](C/C=C/c2ccccc2)CC1. The van der Waals surface area contributed by atoms with Crippen molar-refractivity contribution in [3.05, 3.63) is 42.0 Å². The summed E-state index contributed by atoms with van der Waals surface area (Å²) in [6.07, 6.45) is 4.43. The van der Waals surface area contributed by atoms with E-state index in [9.17, 15) is 4.79 Å². The third kappa shape index (κ3) is 4.79. The molecule has 1 saturated heterocycles. The first-order valence-corrected chi connectivity index (χ1v) is 7.23. The Morgan fingerprint density at radius 3 is 2.45 bits per heavy atom. The van der Waals surface area contributed by atoms with Gasteiger partial charge >= 0.3 is 5.97 Å². The fraction of sp³-hybridized carbons (Fsp3) is 0.438. The number of hydrogen-bond donors (Lipinski definition) is 2. The van der Waals surface area contributed by atoms with Gasteiger partial charge in [-0.15, -0.1) is 0 Å². The molecule has 1 fully saturated rings. The largest absolute Gasteiger partial charge is 0.465 e. The minimum atomic E-state index is -0.104. The number of carbonyl (C=O) groups excluding carboxylic acids is 1. The Morgan fingerprint density at radius 2 is 1.80 bits per heavy atom. The summed E-state index contributed by atoms with van der Waals surface area (Å²) in [4.78, 5) is 14.2. The number of nitrogens with one attached hydrogen (secondary N) is 2. The standard InChI is InChI=1S/C16H22N2O2/c1-20-16(19)14-18-12-10-17(11-13-18)9-5-8-15-6-3-2-4-7-15/h2-8H,9-14H2,1H3/p+2/b8-5+. The fourth-order valence-corrected chi connectivity index (χ4v) is 2.54. The molecule has 20 heavy (non-hydrogen) atoms. The van der Waals surface area contributed by atoms with Gasteiger partial charge in [0.2, 0.25) is 0 Å². The Morgan fingerprint density at radius 1 is 1.15 bits per heavy atom. The molecule has 1 aliphatic heterocycles. The highest BCUT2D eigenvalue weighted by atomic mass is 16.5. The highest BCUT2D eigenvalue weighted by Crippen LogP contribution is 1.99. The quantitative estimate of drug-likeness (QED) is 0.653. The second-order valence-corrected chi connectivity index (χ2v) is 5.27. The van der Waals surface area contributed by atoms with Gasteiger partial charge in [-0.2, -0.15) is 0 Å². The summed E-state index contributed by atoms with van der Waals surface area (Å²) in [5.74, 6) is -0.104. The van der Waals surface area contributed by atoms with E-state index in [0.29, 0.717) is 6.54 Å². The number of hydrogen-bond acceptors (Lipinski definition) is 2. The molecule has 1 aromatic carbocycles. The Bertz CT molecular complexity index is 437. The molecule has 0 aromatic heterocycles. The molecule has 0 atom stereocenters. The lowest BCUT2D eigenvalue weighted by atomic mass is 10.2. The maximum absolute atomic E-state index is 11.2.